The third-order valence-corrected chi connectivity index (χ3v) is 4.69. The number of hydrogen-bond acceptors (Lipinski definition) is 5. The maximum absolute atomic E-state index is 12.2. The Morgan fingerprint density at radius 2 is 2.00 bits per heavy atom. The number of nitrogen functional groups attached to an aromatic ring is 1. The lowest BCUT2D eigenvalue weighted by molar-refractivity contribution is 0.680. The van der Waals surface area contributed by atoms with Gasteiger partial charge < -0.3 is 10.7 Å². The van der Waals surface area contributed by atoms with E-state index in [2.05, 4.69) is 19.7 Å². The third-order valence-electron chi connectivity index (χ3n) is 3.45. The van der Waals surface area contributed by atoms with E-state index in [4.69, 9.17) is 5.73 Å². The van der Waals surface area contributed by atoms with Crippen molar-refractivity contribution in [3.63, 3.8) is 0 Å². The van der Waals surface area contributed by atoms with Crippen molar-refractivity contribution >= 4 is 33.9 Å². The lowest BCUT2D eigenvalue weighted by Gasteiger charge is -2.09. The first-order valence-corrected chi connectivity index (χ1v) is 8.64. The molecule has 8 nitrogen and oxygen atoms in total. The maximum Gasteiger partial charge on any atom is 0.328 e. The van der Waals surface area contributed by atoms with Gasteiger partial charge in [0.2, 0.25) is 5.95 Å². The summed E-state index contributed by atoms with van der Waals surface area (Å²) in [7, 11) is -1.34. The van der Waals surface area contributed by atoms with Crippen LogP contribution in [0.2, 0.25) is 0 Å². The fourth-order valence-electron chi connectivity index (χ4n) is 2.22. The van der Waals surface area contributed by atoms with Crippen molar-refractivity contribution in [2.75, 3.05) is 10.5 Å². The van der Waals surface area contributed by atoms with Gasteiger partial charge in [0.25, 0.3) is 0 Å². The molecule has 3 aromatic rings. The van der Waals surface area contributed by atoms with E-state index in [0.29, 0.717) is 17.7 Å². The number of fused-ring (bicyclic) bond motifs is 1. The van der Waals surface area contributed by atoms with E-state index in [-0.39, 0.29) is 22.7 Å². The van der Waals surface area contributed by atoms with Crippen LogP contribution in [-0.4, -0.2) is 29.0 Å². The fraction of sp³-hybridized carbons (Fsp3) is 0.267. The molecule has 0 radical (unpaired) electrons. The SMILES string of the molecule is CC(C)S(=O)Nc1nc(N)c2[nH]c(=O)n(Cc3ccccc3)c2n1. The minimum Gasteiger partial charge on any atom is -0.382 e. The molecule has 126 valence electrons. The quantitative estimate of drug-likeness (QED) is 0.642. The summed E-state index contributed by atoms with van der Waals surface area (Å²) in [5.41, 5.74) is 7.29. The Bertz CT molecular complexity index is 948. The topological polar surface area (TPSA) is 119 Å². The van der Waals surface area contributed by atoms with Gasteiger partial charge in [-0.1, -0.05) is 30.3 Å². The molecule has 0 fully saturated rings. The second-order valence-corrected chi connectivity index (χ2v) is 7.32. The lowest BCUT2D eigenvalue weighted by atomic mass is 10.2. The number of aromatic nitrogens is 4. The number of nitrogens with two attached hydrogens (primary N) is 1. The minimum atomic E-state index is -1.34. The number of hydrogen-bond donors (Lipinski definition) is 3. The van der Waals surface area contributed by atoms with Crippen LogP contribution >= 0.6 is 0 Å². The van der Waals surface area contributed by atoms with Crippen molar-refractivity contribution in [1.29, 1.82) is 0 Å². The predicted molar refractivity (Wildman–Crippen MR) is 95.0 cm³/mol. The van der Waals surface area contributed by atoms with Crippen LogP contribution in [0, 0.1) is 0 Å². The Kier molecular flexibility index (Phi) is 4.34. The molecular formula is C15H18N6O2S. The normalized spacial score (nSPS) is 12.6. The highest BCUT2D eigenvalue weighted by Crippen LogP contribution is 2.18. The summed E-state index contributed by atoms with van der Waals surface area (Å²) in [4.78, 5) is 23.3. The molecule has 2 heterocycles. The molecule has 2 aromatic heterocycles. The van der Waals surface area contributed by atoms with Crippen LogP contribution in [0.15, 0.2) is 35.1 Å². The molecular weight excluding hydrogens is 328 g/mol. The fourth-order valence-corrected chi connectivity index (χ4v) is 2.72. The molecule has 0 spiro atoms. The molecule has 0 saturated heterocycles. The summed E-state index contributed by atoms with van der Waals surface area (Å²) in [6.45, 7) is 3.97. The average Bonchev–Trinajstić information content (AvgIpc) is 2.85. The molecule has 0 aliphatic rings. The summed E-state index contributed by atoms with van der Waals surface area (Å²) in [5.74, 6) is 0.264. The van der Waals surface area contributed by atoms with Gasteiger partial charge in [-0.25, -0.2) is 9.00 Å². The summed E-state index contributed by atoms with van der Waals surface area (Å²) in [5, 5.41) is -0.108. The number of nitrogens with zero attached hydrogens (tertiary/aromatic N) is 3. The first-order valence-electron chi connectivity index (χ1n) is 7.43. The van der Waals surface area contributed by atoms with Crippen LogP contribution in [0.3, 0.4) is 0 Å². The first-order chi connectivity index (χ1) is 11.5. The number of nitrogens with one attached hydrogen (secondary N) is 2. The molecule has 1 atom stereocenters. The van der Waals surface area contributed by atoms with E-state index >= 15 is 0 Å². The van der Waals surface area contributed by atoms with Gasteiger partial charge in [0.1, 0.15) is 16.5 Å². The molecule has 1 aromatic carbocycles. The number of imidazole rings is 1. The van der Waals surface area contributed by atoms with E-state index in [0.717, 1.165) is 5.56 Å². The molecule has 0 aliphatic heterocycles. The number of aromatic amines is 1. The standard InChI is InChI=1S/C15H18N6O2S/c1-9(2)24(23)20-14-18-12(16)11-13(19-14)21(15(22)17-11)8-10-6-4-3-5-7-10/h3-7,9H,8H2,1-2H3,(H,17,22)(H3,16,18,19,20). The molecule has 0 aliphatic carbocycles. The summed E-state index contributed by atoms with van der Waals surface area (Å²) in [6, 6.07) is 9.55. The molecule has 0 bridgehead atoms. The van der Waals surface area contributed by atoms with E-state index in [9.17, 15) is 9.00 Å². The van der Waals surface area contributed by atoms with Crippen molar-refractivity contribution in [2.45, 2.75) is 25.6 Å². The van der Waals surface area contributed by atoms with Gasteiger partial charge in [0.15, 0.2) is 11.5 Å². The van der Waals surface area contributed by atoms with Gasteiger partial charge in [-0.2, -0.15) is 9.97 Å². The Morgan fingerprint density at radius 3 is 2.67 bits per heavy atom. The van der Waals surface area contributed by atoms with Crippen molar-refractivity contribution < 1.29 is 4.21 Å². The average molecular weight is 346 g/mol. The highest BCUT2D eigenvalue weighted by Gasteiger charge is 2.15. The Balaban J connectivity index is 2.06. The van der Waals surface area contributed by atoms with Gasteiger partial charge >= 0.3 is 5.69 Å². The molecule has 1 unspecified atom stereocenters. The highest BCUT2D eigenvalue weighted by molar-refractivity contribution is 7.86. The van der Waals surface area contributed by atoms with E-state index in [1.807, 2.05) is 44.2 Å². The van der Waals surface area contributed by atoms with Crippen LogP contribution in [0.5, 0.6) is 0 Å². The zero-order valence-electron chi connectivity index (χ0n) is 13.3. The second-order valence-electron chi connectivity index (χ2n) is 5.58. The number of benzene rings is 1. The van der Waals surface area contributed by atoms with Crippen molar-refractivity contribution in [1.82, 2.24) is 19.5 Å². The predicted octanol–water partition coefficient (Wildman–Crippen LogP) is 1.23. The molecule has 9 heteroatoms. The Hall–Kier alpha value is -2.68. The van der Waals surface area contributed by atoms with E-state index in [1.165, 1.54) is 4.57 Å². The van der Waals surface area contributed by atoms with Crippen LogP contribution in [0.25, 0.3) is 11.2 Å². The van der Waals surface area contributed by atoms with Gasteiger partial charge in [-0.15, -0.1) is 0 Å². The highest BCUT2D eigenvalue weighted by atomic mass is 32.2. The maximum atomic E-state index is 12.2. The van der Waals surface area contributed by atoms with Crippen LogP contribution in [0.1, 0.15) is 19.4 Å². The summed E-state index contributed by atoms with van der Waals surface area (Å²) < 4.78 is 16.1. The molecule has 3 rings (SSSR count). The van der Waals surface area contributed by atoms with E-state index in [1.54, 1.807) is 0 Å². The zero-order chi connectivity index (χ0) is 17.3. The molecule has 0 amide bonds. The first kappa shape index (κ1) is 16.2. The third kappa shape index (κ3) is 3.16. The van der Waals surface area contributed by atoms with Gasteiger partial charge in [-0.3, -0.25) is 9.29 Å². The van der Waals surface area contributed by atoms with Crippen LogP contribution < -0.4 is 16.1 Å². The number of rotatable bonds is 5. The summed E-state index contributed by atoms with van der Waals surface area (Å²) >= 11 is 0. The van der Waals surface area contributed by atoms with Crippen molar-refractivity contribution in [2.24, 2.45) is 0 Å². The van der Waals surface area contributed by atoms with Crippen LogP contribution in [-0.2, 0) is 17.5 Å². The molecule has 0 saturated carbocycles. The molecule has 24 heavy (non-hydrogen) atoms. The Labute approximate surface area is 140 Å². The van der Waals surface area contributed by atoms with Crippen molar-refractivity contribution in [3.05, 3.63) is 46.4 Å². The van der Waals surface area contributed by atoms with Gasteiger partial charge in [0.05, 0.1) is 6.54 Å². The molecule has 4 N–H and O–H groups in total. The largest absolute Gasteiger partial charge is 0.382 e. The van der Waals surface area contributed by atoms with Gasteiger partial charge in [0, 0.05) is 5.25 Å². The lowest BCUT2D eigenvalue weighted by Crippen LogP contribution is -2.19. The monoisotopic (exact) mass is 346 g/mol. The van der Waals surface area contributed by atoms with Crippen molar-refractivity contribution in [3.8, 4) is 0 Å². The van der Waals surface area contributed by atoms with Gasteiger partial charge in [-0.05, 0) is 19.4 Å². The van der Waals surface area contributed by atoms with E-state index < -0.39 is 11.0 Å². The number of anilines is 2. The Morgan fingerprint density at radius 1 is 1.29 bits per heavy atom. The zero-order valence-corrected chi connectivity index (χ0v) is 14.1. The smallest absolute Gasteiger partial charge is 0.328 e. The number of H-pyrrole nitrogens is 1. The minimum absolute atomic E-state index is 0.108. The summed E-state index contributed by atoms with van der Waals surface area (Å²) in [6.07, 6.45) is 0. The van der Waals surface area contributed by atoms with Crippen LogP contribution in [0.4, 0.5) is 11.8 Å². The second kappa shape index (κ2) is 6.44.